The predicted octanol–water partition coefficient (Wildman–Crippen LogP) is 3.66. The van der Waals surface area contributed by atoms with Crippen LogP contribution in [-0.2, 0) is 0 Å². The molecule has 0 spiro atoms. The molecule has 2 rings (SSSR count). The molecule has 1 aliphatic rings. The molecule has 2 atom stereocenters. The number of hydrogen-bond donors (Lipinski definition) is 2. The SMILES string of the molecule is CCSC1CCC(Nc2cccc(C)c2N)C1. The molecule has 0 bridgehead atoms. The van der Waals surface area contributed by atoms with Gasteiger partial charge in [0.1, 0.15) is 0 Å². The van der Waals surface area contributed by atoms with Gasteiger partial charge in [-0.15, -0.1) is 0 Å². The summed E-state index contributed by atoms with van der Waals surface area (Å²) in [7, 11) is 0. The average molecular weight is 250 g/mol. The van der Waals surface area contributed by atoms with Gasteiger partial charge in [0.2, 0.25) is 0 Å². The first kappa shape index (κ1) is 12.6. The molecular formula is C14H22N2S. The van der Waals surface area contributed by atoms with Gasteiger partial charge in [-0.05, 0) is 43.6 Å². The number of thioether (sulfide) groups is 1. The monoisotopic (exact) mass is 250 g/mol. The fraction of sp³-hybridized carbons (Fsp3) is 0.571. The van der Waals surface area contributed by atoms with Crippen LogP contribution in [0.15, 0.2) is 18.2 Å². The number of nitrogen functional groups attached to an aromatic ring is 1. The molecule has 2 unspecified atom stereocenters. The van der Waals surface area contributed by atoms with Crippen molar-refractivity contribution in [2.75, 3.05) is 16.8 Å². The van der Waals surface area contributed by atoms with Crippen molar-refractivity contribution in [2.24, 2.45) is 0 Å². The number of benzene rings is 1. The van der Waals surface area contributed by atoms with Crippen LogP contribution in [0.2, 0.25) is 0 Å². The fourth-order valence-electron chi connectivity index (χ4n) is 2.48. The van der Waals surface area contributed by atoms with Gasteiger partial charge in [-0.3, -0.25) is 0 Å². The summed E-state index contributed by atoms with van der Waals surface area (Å²) in [6.45, 7) is 4.30. The van der Waals surface area contributed by atoms with Gasteiger partial charge < -0.3 is 11.1 Å². The molecule has 0 radical (unpaired) electrons. The number of nitrogens with one attached hydrogen (secondary N) is 1. The summed E-state index contributed by atoms with van der Waals surface area (Å²) in [6, 6.07) is 6.82. The van der Waals surface area contributed by atoms with Gasteiger partial charge in [-0.25, -0.2) is 0 Å². The van der Waals surface area contributed by atoms with Gasteiger partial charge in [0.05, 0.1) is 11.4 Å². The van der Waals surface area contributed by atoms with E-state index in [0.717, 1.165) is 22.2 Å². The van der Waals surface area contributed by atoms with Crippen molar-refractivity contribution < 1.29 is 0 Å². The van der Waals surface area contributed by atoms with Crippen molar-refractivity contribution in [3.63, 3.8) is 0 Å². The summed E-state index contributed by atoms with van der Waals surface area (Å²) in [5, 5.41) is 4.44. The highest BCUT2D eigenvalue weighted by Gasteiger charge is 2.24. The molecule has 0 aliphatic heterocycles. The highest BCUT2D eigenvalue weighted by atomic mass is 32.2. The van der Waals surface area contributed by atoms with E-state index in [-0.39, 0.29) is 0 Å². The maximum atomic E-state index is 6.09. The van der Waals surface area contributed by atoms with Crippen molar-refractivity contribution in [3.8, 4) is 0 Å². The lowest BCUT2D eigenvalue weighted by Crippen LogP contribution is -2.17. The molecule has 17 heavy (non-hydrogen) atoms. The van der Waals surface area contributed by atoms with Gasteiger partial charge in [0.25, 0.3) is 0 Å². The number of hydrogen-bond acceptors (Lipinski definition) is 3. The van der Waals surface area contributed by atoms with E-state index in [9.17, 15) is 0 Å². The van der Waals surface area contributed by atoms with E-state index in [1.807, 2.05) is 0 Å². The first-order chi connectivity index (χ1) is 8.20. The summed E-state index contributed by atoms with van der Waals surface area (Å²) in [4.78, 5) is 0. The number of anilines is 2. The molecule has 2 nitrogen and oxygen atoms in total. The Morgan fingerprint density at radius 1 is 1.41 bits per heavy atom. The Bertz CT molecular complexity index is 378. The van der Waals surface area contributed by atoms with E-state index in [4.69, 9.17) is 5.73 Å². The van der Waals surface area contributed by atoms with E-state index in [1.165, 1.54) is 25.0 Å². The van der Waals surface area contributed by atoms with Crippen molar-refractivity contribution in [1.82, 2.24) is 0 Å². The summed E-state index contributed by atoms with van der Waals surface area (Å²) < 4.78 is 0. The summed E-state index contributed by atoms with van der Waals surface area (Å²) in [6.07, 6.45) is 3.87. The second-order valence-electron chi connectivity index (χ2n) is 4.77. The van der Waals surface area contributed by atoms with Crippen molar-refractivity contribution >= 4 is 23.1 Å². The molecule has 3 N–H and O–H groups in total. The second-order valence-corrected chi connectivity index (χ2v) is 6.35. The third kappa shape index (κ3) is 3.09. The molecule has 0 aromatic heterocycles. The predicted molar refractivity (Wildman–Crippen MR) is 78.8 cm³/mol. The zero-order valence-corrected chi connectivity index (χ0v) is 11.5. The summed E-state index contributed by atoms with van der Waals surface area (Å²) in [5.41, 5.74) is 9.26. The minimum Gasteiger partial charge on any atom is -0.397 e. The standard InChI is InChI=1S/C14H22N2S/c1-3-17-12-8-7-11(9-12)16-13-6-4-5-10(2)14(13)15/h4-6,11-12,16H,3,7-9,15H2,1-2H3. The number of nitrogens with two attached hydrogens (primary N) is 1. The Balaban J connectivity index is 1.96. The Morgan fingerprint density at radius 3 is 3.00 bits per heavy atom. The normalized spacial score (nSPS) is 23.9. The van der Waals surface area contributed by atoms with Crippen LogP contribution in [0, 0.1) is 6.92 Å². The maximum absolute atomic E-state index is 6.09. The van der Waals surface area contributed by atoms with E-state index in [0.29, 0.717) is 6.04 Å². The Kier molecular flexibility index (Phi) is 4.21. The van der Waals surface area contributed by atoms with Crippen LogP contribution < -0.4 is 11.1 Å². The zero-order valence-electron chi connectivity index (χ0n) is 10.7. The summed E-state index contributed by atoms with van der Waals surface area (Å²) in [5.74, 6) is 1.23. The lowest BCUT2D eigenvalue weighted by atomic mass is 10.1. The van der Waals surface area contributed by atoms with Gasteiger partial charge >= 0.3 is 0 Å². The van der Waals surface area contributed by atoms with Crippen LogP contribution in [0.4, 0.5) is 11.4 Å². The topological polar surface area (TPSA) is 38.0 Å². The smallest absolute Gasteiger partial charge is 0.0579 e. The van der Waals surface area contributed by atoms with Gasteiger partial charge in [-0.2, -0.15) is 11.8 Å². The molecular weight excluding hydrogens is 228 g/mol. The first-order valence-corrected chi connectivity index (χ1v) is 7.48. The molecule has 1 aliphatic carbocycles. The van der Waals surface area contributed by atoms with Crippen LogP contribution in [0.25, 0.3) is 0 Å². The third-order valence-electron chi connectivity index (χ3n) is 3.47. The van der Waals surface area contributed by atoms with Crippen LogP contribution in [0.5, 0.6) is 0 Å². The van der Waals surface area contributed by atoms with Gasteiger partial charge in [-0.1, -0.05) is 19.1 Å². The van der Waals surface area contributed by atoms with Crippen molar-refractivity contribution in [1.29, 1.82) is 0 Å². The Hall–Kier alpha value is -0.830. The quantitative estimate of drug-likeness (QED) is 0.801. The minimum absolute atomic E-state index is 0.600. The average Bonchev–Trinajstić information content (AvgIpc) is 2.73. The van der Waals surface area contributed by atoms with Crippen LogP contribution in [-0.4, -0.2) is 17.0 Å². The number of rotatable bonds is 4. The fourth-order valence-corrected chi connectivity index (χ4v) is 3.63. The highest BCUT2D eigenvalue weighted by molar-refractivity contribution is 7.99. The molecule has 3 heteroatoms. The van der Waals surface area contributed by atoms with Crippen LogP contribution in [0.3, 0.4) is 0 Å². The number of para-hydroxylation sites is 1. The molecule has 0 saturated heterocycles. The number of aryl methyl sites for hydroxylation is 1. The van der Waals surface area contributed by atoms with Crippen molar-refractivity contribution in [2.45, 2.75) is 44.4 Å². The van der Waals surface area contributed by atoms with E-state index in [2.05, 4.69) is 49.1 Å². The minimum atomic E-state index is 0.600. The molecule has 1 saturated carbocycles. The largest absolute Gasteiger partial charge is 0.397 e. The second kappa shape index (κ2) is 5.67. The van der Waals surface area contributed by atoms with Crippen molar-refractivity contribution in [3.05, 3.63) is 23.8 Å². The van der Waals surface area contributed by atoms with Gasteiger partial charge in [0, 0.05) is 11.3 Å². The van der Waals surface area contributed by atoms with Crippen LogP contribution in [0.1, 0.15) is 31.7 Å². The molecule has 0 heterocycles. The third-order valence-corrected chi connectivity index (χ3v) is 4.70. The van der Waals surface area contributed by atoms with E-state index < -0.39 is 0 Å². The first-order valence-electron chi connectivity index (χ1n) is 6.44. The Morgan fingerprint density at radius 2 is 2.24 bits per heavy atom. The Labute approximate surface area is 108 Å². The lowest BCUT2D eigenvalue weighted by molar-refractivity contribution is 0.757. The molecule has 0 amide bonds. The lowest BCUT2D eigenvalue weighted by Gasteiger charge is -2.17. The molecule has 1 aromatic carbocycles. The van der Waals surface area contributed by atoms with Crippen LogP contribution >= 0.6 is 11.8 Å². The highest BCUT2D eigenvalue weighted by Crippen LogP contribution is 2.33. The molecule has 94 valence electrons. The molecule has 1 fully saturated rings. The van der Waals surface area contributed by atoms with E-state index in [1.54, 1.807) is 0 Å². The van der Waals surface area contributed by atoms with Gasteiger partial charge in [0.15, 0.2) is 0 Å². The molecule has 1 aromatic rings. The van der Waals surface area contributed by atoms with E-state index >= 15 is 0 Å². The zero-order chi connectivity index (χ0) is 12.3. The summed E-state index contributed by atoms with van der Waals surface area (Å²) >= 11 is 2.09. The maximum Gasteiger partial charge on any atom is 0.0579 e.